The lowest BCUT2D eigenvalue weighted by molar-refractivity contribution is -0.131. The molecule has 0 aliphatic carbocycles. The Morgan fingerprint density at radius 2 is 1.70 bits per heavy atom. The molecule has 1 heterocycles. The second kappa shape index (κ2) is 6.27. The van der Waals surface area contributed by atoms with Crippen molar-refractivity contribution < 1.29 is 14.7 Å². The number of rotatable bonds is 4. The van der Waals surface area contributed by atoms with E-state index >= 15 is 0 Å². The van der Waals surface area contributed by atoms with Gasteiger partial charge in [-0.3, -0.25) is 9.36 Å². The van der Waals surface area contributed by atoms with Crippen molar-refractivity contribution in [3.8, 4) is 0 Å². The van der Waals surface area contributed by atoms with Crippen LogP contribution in [0.25, 0.3) is 11.0 Å². The topological polar surface area (TPSA) is 72.2 Å². The molecule has 0 saturated heterocycles. The average molecular weight is 306 g/mol. The van der Waals surface area contributed by atoms with Crippen molar-refractivity contribution in [2.24, 2.45) is 0 Å². The van der Waals surface area contributed by atoms with Crippen LogP contribution in [0, 0.1) is 0 Å². The summed E-state index contributed by atoms with van der Waals surface area (Å²) in [5.41, 5.74) is 2.40. The first-order valence-corrected chi connectivity index (χ1v) is 7.11. The minimum Gasteiger partial charge on any atom is -0.478 e. The summed E-state index contributed by atoms with van der Waals surface area (Å²) in [4.78, 5) is 27.6. The molecule has 0 aliphatic heterocycles. The molecular weight excluding hydrogens is 292 g/mol. The van der Waals surface area contributed by atoms with Crippen molar-refractivity contribution in [1.82, 2.24) is 9.55 Å². The number of fused-ring (bicyclic) bond motifs is 1. The van der Waals surface area contributed by atoms with Gasteiger partial charge in [0.25, 0.3) is 5.91 Å². The first-order chi connectivity index (χ1) is 11.1. The minimum absolute atomic E-state index is 0.424. The van der Waals surface area contributed by atoms with Gasteiger partial charge in [0, 0.05) is 18.6 Å². The van der Waals surface area contributed by atoms with E-state index in [1.54, 1.807) is 6.07 Å². The van der Waals surface area contributed by atoms with Crippen LogP contribution in [0.4, 0.5) is 0 Å². The molecular formula is C18H14N2O3. The van der Waals surface area contributed by atoms with Gasteiger partial charge >= 0.3 is 5.97 Å². The van der Waals surface area contributed by atoms with E-state index in [2.05, 4.69) is 4.98 Å². The van der Waals surface area contributed by atoms with Crippen LogP contribution in [-0.4, -0.2) is 26.5 Å². The van der Waals surface area contributed by atoms with Gasteiger partial charge in [0.05, 0.1) is 11.0 Å². The highest BCUT2D eigenvalue weighted by atomic mass is 16.4. The predicted octanol–water partition coefficient (Wildman–Crippen LogP) is 2.91. The second-order valence-electron chi connectivity index (χ2n) is 5.02. The number of allylic oxidation sites excluding steroid dienone is 1. The zero-order valence-electron chi connectivity index (χ0n) is 12.2. The van der Waals surface area contributed by atoms with Gasteiger partial charge in [0.15, 0.2) is 0 Å². The average Bonchev–Trinajstić information content (AvgIpc) is 2.91. The van der Waals surface area contributed by atoms with E-state index in [1.807, 2.05) is 48.5 Å². The van der Waals surface area contributed by atoms with Gasteiger partial charge < -0.3 is 5.11 Å². The summed E-state index contributed by atoms with van der Waals surface area (Å²) in [5, 5.41) is 8.71. The molecule has 0 atom stereocenters. The Morgan fingerprint density at radius 1 is 1.00 bits per heavy atom. The van der Waals surface area contributed by atoms with Gasteiger partial charge in [-0.05, 0) is 17.7 Å². The van der Waals surface area contributed by atoms with Gasteiger partial charge in [-0.25, -0.2) is 9.78 Å². The number of hydrogen-bond donors (Lipinski definition) is 1. The molecule has 3 aromatic rings. The van der Waals surface area contributed by atoms with E-state index in [0.717, 1.165) is 17.7 Å². The van der Waals surface area contributed by atoms with Gasteiger partial charge in [0.2, 0.25) is 0 Å². The first kappa shape index (κ1) is 14.7. The molecule has 0 spiro atoms. The van der Waals surface area contributed by atoms with Gasteiger partial charge in [-0.15, -0.1) is 0 Å². The fraction of sp³-hybridized carbons (Fsp3) is 0.0556. The molecule has 5 heteroatoms. The Morgan fingerprint density at radius 3 is 2.43 bits per heavy atom. The fourth-order valence-electron chi connectivity index (χ4n) is 2.44. The molecule has 5 nitrogen and oxygen atoms in total. The number of carboxylic acid groups (broad SMARTS) is 1. The first-order valence-electron chi connectivity index (χ1n) is 7.11. The molecule has 2 aromatic carbocycles. The highest BCUT2D eigenvalue weighted by molar-refractivity contribution is 6.00. The number of benzene rings is 2. The molecule has 1 aromatic heterocycles. The summed E-state index contributed by atoms with van der Waals surface area (Å²) in [7, 11) is 0. The lowest BCUT2D eigenvalue weighted by Gasteiger charge is -2.05. The molecule has 0 bridgehead atoms. The third-order valence-corrected chi connectivity index (χ3v) is 3.42. The van der Waals surface area contributed by atoms with Crippen LogP contribution in [0.2, 0.25) is 0 Å². The van der Waals surface area contributed by atoms with E-state index in [-0.39, 0.29) is 0 Å². The minimum atomic E-state index is -1.16. The van der Waals surface area contributed by atoms with Gasteiger partial charge in [-0.1, -0.05) is 42.5 Å². The maximum atomic E-state index is 12.4. The molecule has 0 fully saturated rings. The van der Waals surface area contributed by atoms with Crippen molar-refractivity contribution in [3.63, 3.8) is 0 Å². The largest absolute Gasteiger partial charge is 0.478 e. The summed E-state index contributed by atoms with van der Waals surface area (Å²) in [6.07, 6.45) is 2.37. The summed E-state index contributed by atoms with van der Waals surface area (Å²) < 4.78 is 1.46. The van der Waals surface area contributed by atoms with Gasteiger partial charge in [0.1, 0.15) is 5.82 Å². The number of nitrogens with zero attached hydrogens (tertiary/aromatic N) is 2. The number of para-hydroxylation sites is 2. The quantitative estimate of drug-likeness (QED) is 0.752. The molecule has 3 rings (SSSR count). The van der Waals surface area contributed by atoms with Crippen molar-refractivity contribution >= 4 is 22.9 Å². The fourth-order valence-corrected chi connectivity index (χ4v) is 2.44. The van der Waals surface area contributed by atoms with Crippen molar-refractivity contribution in [2.75, 3.05) is 0 Å². The number of carbonyl (C=O) groups excluding carboxylic acids is 1. The standard InChI is InChI=1S/C18H14N2O3/c21-17(10-11-18(22)23)20-15-9-5-4-8-14(15)19-16(20)12-13-6-2-1-3-7-13/h1-11H,12H2,(H,22,23)/b11-10-. The van der Waals surface area contributed by atoms with Crippen LogP contribution in [-0.2, 0) is 11.2 Å². The van der Waals surface area contributed by atoms with E-state index in [0.29, 0.717) is 23.3 Å². The predicted molar refractivity (Wildman–Crippen MR) is 86.4 cm³/mol. The maximum Gasteiger partial charge on any atom is 0.328 e. The monoisotopic (exact) mass is 306 g/mol. The van der Waals surface area contributed by atoms with E-state index in [4.69, 9.17) is 5.11 Å². The molecule has 0 amide bonds. The lowest BCUT2D eigenvalue weighted by Crippen LogP contribution is -2.12. The second-order valence-corrected chi connectivity index (χ2v) is 5.02. The van der Waals surface area contributed by atoms with Crippen molar-refractivity contribution in [3.05, 3.63) is 78.1 Å². The summed E-state index contributed by atoms with van der Waals surface area (Å²) in [6, 6.07) is 17.0. The Labute approximate surface area is 132 Å². The number of hydrogen-bond acceptors (Lipinski definition) is 3. The van der Waals surface area contributed by atoms with Crippen LogP contribution < -0.4 is 0 Å². The normalized spacial score (nSPS) is 11.1. The van der Waals surface area contributed by atoms with Crippen LogP contribution in [0.15, 0.2) is 66.7 Å². The SMILES string of the molecule is O=C(O)/C=C\C(=O)n1c(Cc2ccccc2)nc2ccccc21. The van der Waals surface area contributed by atoms with Crippen molar-refractivity contribution in [1.29, 1.82) is 0 Å². The van der Waals surface area contributed by atoms with Crippen LogP contribution in [0.5, 0.6) is 0 Å². The lowest BCUT2D eigenvalue weighted by atomic mass is 10.1. The van der Waals surface area contributed by atoms with Gasteiger partial charge in [-0.2, -0.15) is 0 Å². The number of aliphatic carboxylic acids is 1. The number of carbonyl (C=O) groups is 2. The molecule has 23 heavy (non-hydrogen) atoms. The highest BCUT2D eigenvalue weighted by Crippen LogP contribution is 2.18. The highest BCUT2D eigenvalue weighted by Gasteiger charge is 2.15. The zero-order chi connectivity index (χ0) is 16.2. The van der Waals surface area contributed by atoms with Crippen LogP contribution in [0.3, 0.4) is 0 Å². The maximum absolute atomic E-state index is 12.4. The van der Waals surface area contributed by atoms with Crippen molar-refractivity contribution in [2.45, 2.75) is 6.42 Å². The Bertz CT molecular complexity index is 895. The summed E-state index contributed by atoms with van der Waals surface area (Å²) in [6.45, 7) is 0. The molecule has 114 valence electrons. The Kier molecular flexibility index (Phi) is 4.01. The molecule has 0 saturated carbocycles. The van der Waals surface area contributed by atoms with Crippen LogP contribution >= 0.6 is 0 Å². The third-order valence-electron chi connectivity index (χ3n) is 3.42. The number of imidazole rings is 1. The Balaban J connectivity index is 2.08. The molecule has 1 N–H and O–H groups in total. The molecule has 0 aliphatic rings. The number of aromatic nitrogens is 2. The summed E-state index contributed by atoms with van der Waals surface area (Å²) >= 11 is 0. The third kappa shape index (κ3) is 3.18. The molecule has 0 unspecified atom stereocenters. The van der Waals surface area contributed by atoms with E-state index in [9.17, 15) is 9.59 Å². The molecule has 0 radical (unpaired) electrons. The number of carboxylic acids is 1. The van der Waals surface area contributed by atoms with Crippen LogP contribution in [0.1, 0.15) is 16.2 Å². The van der Waals surface area contributed by atoms with E-state index in [1.165, 1.54) is 4.57 Å². The van der Waals surface area contributed by atoms with E-state index < -0.39 is 11.9 Å². The Hall–Kier alpha value is -3.21. The zero-order valence-corrected chi connectivity index (χ0v) is 12.2. The summed E-state index contributed by atoms with van der Waals surface area (Å²) in [5.74, 6) is -1.00. The smallest absolute Gasteiger partial charge is 0.328 e.